The lowest BCUT2D eigenvalue weighted by Gasteiger charge is -2.14. The third-order valence-electron chi connectivity index (χ3n) is 2.45. The molecule has 4 heteroatoms. The summed E-state index contributed by atoms with van der Waals surface area (Å²) in [6.45, 7) is 6.25. The molecule has 0 bridgehead atoms. The van der Waals surface area contributed by atoms with Crippen molar-refractivity contribution in [1.82, 2.24) is 5.01 Å². The molecule has 94 valence electrons. The fourth-order valence-electron chi connectivity index (χ4n) is 1.46. The second kappa shape index (κ2) is 10.6. The van der Waals surface area contributed by atoms with Crippen LogP contribution in [0.5, 0.6) is 0 Å². The van der Waals surface area contributed by atoms with Crippen LogP contribution in [-0.4, -0.2) is 30.0 Å². The van der Waals surface area contributed by atoms with Crippen molar-refractivity contribution in [2.45, 2.75) is 45.4 Å². The van der Waals surface area contributed by atoms with Gasteiger partial charge >= 0.3 is 0 Å². The van der Waals surface area contributed by atoms with Gasteiger partial charge in [-0.1, -0.05) is 39.0 Å². The summed E-state index contributed by atoms with van der Waals surface area (Å²) < 4.78 is 0. The average Bonchev–Trinajstić information content (AvgIpc) is 2.30. The molecule has 0 aromatic carbocycles. The summed E-state index contributed by atoms with van der Waals surface area (Å²) in [5.74, 6) is 5.72. The second-order valence-electron chi connectivity index (χ2n) is 3.94. The summed E-state index contributed by atoms with van der Waals surface area (Å²) in [5, 5.41) is 10.4. The monoisotopic (exact) mass is 227 g/mol. The molecule has 0 unspecified atom stereocenters. The Morgan fingerprint density at radius 3 is 2.50 bits per heavy atom. The zero-order chi connectivity index (χ0) is 12.2. The van der Waals surface area contributed by atoms with E-state index in [0.29, 0.717) is 5.70 Å². The summed E-state index contributed by atoms with van der Waals surface area (Å²) in [6.07, 6.45) is 9.10. The van der Waals surface area contributed by atoms with Crippen molar-refractivity contribution >= 4 is 6.72 Å². The maximum Gasteiger partial charge on any atom is 0.0868 e. The average molecular weight is 227 g/mol. The highest BCUT2D eigenvalue weighted by atomic mass is 16.3. The molecule has 0 radical (unpaired) electrons. The van der Waals surface area contributed by atoms with Gasteiger partial charge in [0.05, 0.1) is 12.3 Å². The number of aliphatic hydroxyl groups excluding tert-OH is 1. The van der Waals surface area contributed by atoms with Gasteiger partial charge in [0.1, 0.15) is 0 Å². The lowest BCUT2D eigenvalue weighted by molar-refractivity contribution is 0.318. The molecule has 0 aromatic rings. The van der Waals surface area contributed by atoms with Crippen LogP contribution in [0.1, 0.15) is 45.4 Å². The Labute approximate surface area is 98.8 Å². The van der Waals surface area contributed by atoms with Gasteiger partial charge in [-0.2, -0.15) is 0 Å². The molecule has 4 nitrogen and oxygen atoms in total. The standard InChI is InChI=1S/C12H25N3O/c1-3-4-5-6-7-8-9-15(13)10-12(11-16)14-2/h10,16H,2-9,11,13H2,1H3/b12-10-. The van der Waals surface area contributed by atoms with Crippen LogP contribution in [0.15, 0.2) is 16.9 Å². The Morgan fingerprint density at radius 2 is 1.94 bits per heavy atom. The van der Waals surface area contributed by atoms with Gasteiger partial charge in [-0.25, -0.2) is 5.84 Å². The first-order chi connectivity index (χ1) is 7.74. The lowest BCUT2D eigenvalue weighted by Crippen LogP contribution is -2.26. The molecule has 0 aliphatic carbocycles. The molecule has 0 saturated heterocycles. The zero-order valence-electron chi connectivity index (χ0n) is 10.4. The van der Waals surface area contributed by atoms with Crippen molar-refractivity contribution in [2.75, 3.05) is 13.2 Å². The first kappa shape index (κ1) is 15.1. The Bertz CT molecular complexity index is 204. The third kappa shape index (κ3) is 8.44. The van der Waals surface area contributed by atoms with Gasteiger partial charge in [-0.05, 0) is 13.1 Å². The van der Waals surface area contributed by atoms with Crippen molar-refractivity contribution in [3.05, 3.63) is 11.9 Å². The fourth-order valence-corrected chi connectivity index (χ4v) is 1.46. The van der Waals surface area contributed by atoms with E-state index in [4.69, 9.17) is 10.9 Å². The van der Waals surface area contributed by atoms with E-state index in [9.17, 15) is 0 Å². The highest BCUT2D eigenvalue weighted by Gasteiger charge is 1.96. The van der Waals surface area contributed by atoms with Gasteiger partial charge in [0.25, 0.3) is 0 Å². The van der Waals surface area contributed by atoms with Gasteiger partial charge in [-0.15, -0.1) is 0 Å². The van der Waals surface area contributed by atoms with Crippen molar-refractivity contribution in [2.24, 2.45) is 10.8 Å². The molecule has 0 spiro atoms. The summed E-state index contributed by atoms with van der Waals surface area (Å²) in [7, 11) is 0. The molecule has 0 rings (SSSR count). The zero-order valence-corrected chi connectivity index (χ0v) is 10.4. The minimum Gasteiger partial charge on any atom is -0.390 e. The van der Waals surface area contributed by atoms with Crippen LogP contribution >= 0.6 is 0 Å². The number of nitrogens with two attached hydrogens (primary N) is 1. The van der Waals surface area contributed by atoms with E-state index in [2.05, 4.69) is 18.6 Å². The van der Waals surface area contributed by atoms with E-state index < -0.39 is 0 Å². The quantitative estimate of drug-likeness (QED) is 0.260. The largest absolute Gasteiger partial charge is 0.390 e. The second-order valence-corrected chi connectivity index (χ2v) is 3.94. The SMILES string of the molecule is C=N/C(=C\N(N)CCCCCCCC)CO. The molecule has 16 heavy (non-hydrogen) atoms. The van der Waals surface area contributed by atoms with Gasteiger partial charge in [0.2, 0.25) is 0 Å². The van der Waals surface area contributed by atoms with Crippen LogP contribution in [0.4, 0.5) is 0 Å². The summed E-state index contributed by atoms with van der Waals surface area (Å²) in [6, 6.07) is 0. The van der Waals surface area contributed by atoms with Crippen LogP contribution < -0.4 is 5.84 Å². The minimum absolute atomic E-state index is 0.117. The number of hydrazine groups is 1. The van der Waals surface area contributed by atoms with Gasteiger partial charge in [-0.3, -0.25) is 4.99 Å². The van der Waals surface area contributed by atoms with E-state index in [0.717, 1.165) is 13.0 Å². The molecule has 0 aliphatic rings. The van der Waals surface area contributed by atoms with Crippen LogP contribution in [0.3, 0.4) is 0 Å². The van der Waals surface area contributed by atoms with Crippen LogP contribution in [0, 0.1) is 0 Å². The van der Waals surface area contributed by atoms with Crippen molar-refractivity contribution < 1.29 is 5.11 Å². The molecule has 0 aliphatic heterocycles. The Hall–Kier alpha value is -0.870. The topological polar surface area (TPSA) is 61.8 Å². The van der Waals surface area contributed by atoms with Crippen molar-refractivity contribution in [3.63, 3.8) is 0 Å². The molecule has 0 amide bonds. The maximum absolute atomic E-state index is 8.86. The van der Waals surface area contributed by atoms with E-state index in [-0.39, 0.29) is 6.61 Å². The van der Waals surface area contributed by atoms with E-state index in [1.54, 1.807) is 11.2 Å². The normalized spacial score (nSPS) is 11.6. The van der Waals surface area contributed by atoms with E-state index in [1.807, 2.05) is 0 Å². The van der Waals surface area contributed by atoms with Crippen LogP contribution in [0.25, 0.3) is 0 Å². The number of rotatable bonds is 10. The fraction of sp³-hybridized carbons (Fsp3) is 0.750. The Morgan fingerprint density at radius 1 is 1.31 bits per heavy atom. The number of hydrogen-bond donors (Lipinski definition) is 2. The van der Waals surface area contributed by atoms with E-state index >= 15 is 0 Å². The third-order valence-corrected chi connectivity index (χ3v) is 2.45. The first-order valence-corrected chi connectivity index (χ1v) is 6.04. The molecule has 0 fully saturated rings. The van der Waals surface area contributed by atoms with Gasteiger partial charge in [0, 0.05) is 12.7 Å². The lowest BCUT2D eigenvalue weighted by atomic mass is 10.1. The predicted octanol–water partition coefficient (Wildman–Crippen LogP) is 2.06. The molecular weight excluding hydrogens is 202 g/mol. The first-order valence-electron chi connectivity index (χ1n) is 6.04. The molecule has 0 aromatic heterocycles. The van der Waals surface area contributed by atoms with Crippen LogP contribution in [-0.2, 0) is 0 Å². The van der Waals surface area contributed by atoms with E-state index in [1.165, 1.54) is 32.1 Å². The number of unbranched alkanes of at least 4 members (excludes halogenated alkanes) is 5. The summed E-state index contributed by atoms with van der Waals surface area (Å²) in [5.41, 5.74) is 0.508. The molecular formula is C12H25N3O. The van der Waals surface area contributed by atoms with Crippen molar-refractivity contribution in [1.29, 1.82) is 0 Å². The van der Waals surface area contributed by atoms with Gasteiger partial charge in [0.15, 0.2) is 0 Å². The maximum atomic E-state index is 8.86. The summed E-state index contributed by atoms with van der Waals surface area (Å²) in [4.78, 5) is 3.65. The molecule has 0 atom stereocenters. The minimum atomic E-state index is -0.117. The number of aliphatic hydroxyl groups is 1. The molecule has 0 heterocycles. The Kier molecular flexibility index (Phi) is 10.1. The number of nitrogens with zero attached hydrogens (tertiary/aromatic N) is 2. The molecule has 0 saturated carbocycles. The highest BCUT2D eigenvalue weighted by Crippen LogP contribution is 2.05. The van der Waals surface area contributed by atoms with Crippen molar-refractivity contribution in [3.8, 4) is 0 Å². The summed E-state index contributed by atoms with van der Waals surface area (Å²) >= 11 is 0. The predicted molar refractivity (Wildman–Crippen MR) is 69.0 cm³/mol. The number of aliphatic imine (C=N–C) groups is 1. The van der Waals surface area contributed by atoms with Crippen LogP contribution in [0.2, 0.25) is 0 Å². The number of hydrogen-bond acceptors (Lipinski definition) is 4. The highest BCUT2D eigenvalue weighted by molar-refractivity contribution is 5.28. The Balaban J connectivity index is 3.53. The van der Waals surface area contributed by atoms with Gasteiger partial charge < -0.3 is 10.1 Å². The molecule has 3 N–H and O–H groups in total. The smallest absolute Gasteiger partial charge is 0.0868 e.